The first-order valence-corrected chi connectivity index (χ1v) is 12.5. The summed E-state index contributed by atoms with van der Waals surface area (Å²) in [4.78, 5) is 0. The van der Waals surface area contributed by atoms with E-state index in [0.717, 1.165) is 41.7 Å². The van der Waals surface area contributed by atoms with Gasteiger partial charge in [-0.15, -0.1) is 0 Å². The number of aryl methyl sites for hydroxylation is 1. The Balaban J connectivity index is 1.44. The summed E-state index contributed by atoms with van der Waals surface area (Å²) in [6.45, 7) is 4.51. The fourth-order valence-electron chi connectivity index (χ4n) is 5.67. The largest absolute Gasteiger partial charge is 0.207 e. The second-order valence-corrected chi connectivity index (χ2v) is 9.71. The van der Waals surface area contributed by atoms with Crippen molar-refractivity contribution in [3.05, 3.63) is 35.1 Å². The van der Waals surface area contributed by atoms with Crippen molar-refractivity contribution in [1.29, 1.82) is 0 Å². The van der Waals surface area contributed by atoms with Gasteiger partial charge in [-0.05, 0) is 86.8 Å². The fraction of sp³-hybridized carbons (Fsp3) is 0.714. The maximum absolute atomic E-state index is 14.3. The minimum atomic E-state index is -0.0738. The minimum Gasteiger partial charge on any atom is -0.207 e. The first-order chi connectivity index (χ1) is 14.2. The van der Waals surface area contributed by atoms with Crippen LogP contribution in [-0.4, -0.2) is 0 Å². The highest BCUT2D eigenvalue weighted by molar-refractivity contribution is 5.37. The summed E-state index contributed by atoms with van der Waals surface area (Å²) in [5, 5.41) is 0. The summed E-state index contributed by atoms with van der Waals surface area (Å²) < 4.78 is 14.3. The summed E-state index contributed by atoms with van der Waals surface area (Å²) in [6, 6.07) is 5.60. The third-order valence-corrected chi connectivity index (χ3v) is 7.55. The van der Waals surface area contributed by atoms with E-state index in [1.54, 1.807) is 6.07 Å². The summed E-state index contributed by atoms with van der Waals surface area (Å²) in [7, 11) is 0. The Hall–Kier alpha value is -1.29. The van der Waals surface area contributed by atoms with Gasteiger partial charge in [-0.1, -0.05) is 70.3 Å². The molecule has 0 spiro atoms. The topological polar surface area (TPSA) is 0 Å². The molecule has 0 saturated heterocycles. The molecule has 2 aliphatic carbocycles. The normalized spacial score (nSPS) is 27.3. The van der Waals surface area contributed by atoms with Crippen molar-refractivity contribution in [2.24, 2.45) is 23.7 Å². The zero-order valence-corrected chi connectivity index (χ0v) is 18.8. The van der Waals surface area contributed by atoms with E-state index in [0.29, 0.717) is 5.92 Å². The van der Waals surface area contributed by atoms with Crippen molar-refractivity contribution in [3.8, 4) is 11.8 Å². The van der Waals surface area contributed by atoms with Gasteiger partial charge >= 0.3 is 0 Å². The van der Waals surface area contributed by atoms with Crippen LogP contribution >= 0.6 is 0 Å². The Labute approximate surface area is 179 Å². The number of hydrogen-bond acceptors (Lipinski definition) is 0. The highest BCUT2D eigenvalue weighted by Gasteiger charge is 2.30. The smallest absolute Gasteiger partial charge is 0.127 e. The SMILES string of the molecule is CCCCCc1ccc(C#CC2CCC([C@H]3CC[C@H](CCC)CC3)CC2)cc1F. The highest BCUT2D eigenvalue weighted by Crippen LogP contribution is 2.42. The Morgan fingerprint density at radius 1 is 0.862 bits per heavy atom. The Morgan fingerprint density at radius 2 is 1.55 bits per heavy atom. The summed E-state index contributed by atoms with van der Waals surface area (Å²) >= 11 is 0. The van der Waals surface area contributed by atoms with E-state index in [1.165, 1.54) is 77.0 Å². The predicted octanol–water partition coefficient (Wildman–Crippen LogP) is 8.32. The zero-order chi connectivity index (χ0) is 20.5. The van der Waals surface area contributed by atoms with Crippen LogP contribution in [0.1, 0.15) is 108 Å². The van der Waals surface area contributed by atoms with Crippen LogP contribution in [0.25, 0.3) is 0 Å². The van der Waals surface area contributed by atoms with Gasteiger partial charge in [-0.2, -0.15) is 0 Å². The van der Waals surface area contributed by atoms with Crippen molar-refractivity contribution < 1.29 is 4.39 Å². The quantitative estimate of drug-likeness (QED) is 0.321. The molecule has 0 N–H and O–H groups in total. The van der Waals surface area contributed by atoms with Gasteiger partial charge in [-0.3, -0.25) is 0 Å². The molecule has 0 amide bonds. The number of benzene rings is 1. The van der Waals surface area contributed by atoms with Crippen LogP contribution in [0.15, 0.2) is 18.2 Å². The van der Waals surface area contributed by atoms with Crippen molar-refractivity contribution in [2.75, 3.05) is 0 Å². The molecule has 1 aromatic rings. The van der Waals surface area contributed by atoms with Gasteiger partial charge in [0.25, 0.3) is 0 Å². The first kappa shape index (κ1) is 22.4. The van der Waals surface area contributed by atoms with E-state index in [2.05, 4.69) is 25.7 Å². The van der Waals surface area contributed by atoms with Gasteiger partial charge in [-0.25, -0.2) is 4.39 Å². The summed E-state index contributed by atoms with van der Waals surface area (Å²) in [5.74, 6) is 10.1. The van der Waals surface area contributed by atoms with Gasteiger partial charge < -0.3 is 0 Å². The van der Waals surface area contributed by atoms with Crippen molar-refractivity contribution >= 4 is 0 Å². The minimum absolute atomic E-state index is 0.0738. The Morgan fingerprint density at radius 3 is 2.17 bits per heavy atom. The van der Waals surface area contributed by atoms with E-state index in [4.69, 9.17) is 0 Å². The lowest BCUT2D eigenvalue weighted by Gasteiger charge is -2.37. The molecule has 0 aliphatic heterocycles. The number of rotatable bonds is 7. The predicted molar refractivity (Wildman–Crippen MR) is 122 cm³/mol. The number of hydrogen-bond donors (Lipinski definition) is 0. The Bertz CT molecular complexity index is 663. The number of unbranched alkanes of at least 4 members (excludes halogenated alkanes) is 2. The van der Waals surface area contributed by atoms with Crippen LogP contribution in [-0.2, 0) is 6.42 Å². The van der Waals surface area contributed by atoms with Crippen LogP contribution < -0.4 is 0 Å². The molecule has 2 saturated carbocycles. The van der Waals surface area contributed by atoms with Crippen LogP contribution in [0, 0.1) is 41.3 Å². The summed E-state index contributed by atoms with van der Waals surface area (Å²) in [6.07, 6.45) is 18.1. The van der Waals surface area contributed by atoms with Crippen LogP contribution in [0.4, 0.5) is 4.39 Å². The zero-order valence-electron chi connectivity index (χ0n) is 18.8. The van der Waals surface area contributed by atoms with Crippen molar-refractivity contribution in [1.82, 2.24) is 0 Å². The van der Waals surface area contributed by atoms with E-state index >= 15 is 0 Å². The van der Waals surface area contributed by atoms with Crippen LogP contribution in [0.3, 0.4) is 0 Å². The molecule has 0 unspecified atom stereocenters. The molecule has 3 rings (SSSR count). The third-order valence-electron chi connectivity index (χ3n) is 7.55. The number of halogens is 1. The first-order valence-electron chi connectivity index (χ1n) is 12.5. The molecule has 0 aromatic heterocycles. The molecule has 29 heavy (non-hydrogen) atoms. The molecule has 0 atom stereocenters. The molecular weight excluding hydrogens is 355 g/mol. The van der Waals surface area contributed by atoms with Gasteiger partial charge in [0.2, 0.25) is 0 Å². The summed E-state index contributed by atoms with van der Waals surface area (Å²) in [5.41, 5.74) is 1.69. The van der Waals surface area contributed by atoms with Crippen LogP contribution in [0.5, 0.6) is 0 Å². The van der Waals surface area contributed by atoms with Gasteiger partial charge in [0.15, 0.2) is 0 Å². The molecule has 2 fully saturated rings. The van der Waals surface area contributed by atoms with Gasteiger partial charge in [0.05, 0.1) is 0 Å². The van der Waals surface area contributed by atoms with Gasteiger partial charge in [0, 0.05) is 11.5 Å². The third kappa shape index (κ3) is 6.87. The molecular formula is C28H41F. The monoisotopic (exact) mass is 396 g/mol. The van der Waals surface area contributed by atoms with Gasteiger partial charge in [0.1, 0.15) is 5.82 Å². The maximum Gasteiger partial charge on any atom is 0.127 e. The molecule has 1 aromatic carbocycles. The highest BCUT2D eigenvalue weighted by atomic mass is 19.1. The fourth-order valence-corrected chi connectivity index (χ4v) is 5.67. The van der Waals surface area contributed by atoms with Crippen molar-refractivity contribution in [2.45, 2.75) is 104 Å². The standard InChI is InChI=1S/C28H41F/c1-3-5-6-8-27-20-15-24(21-28(27)29)10-9-23-13-18-26(19-14-23)25-16-11-22(7-4-2)12-17-25/h15,20-23,25-26H,3-8,11-14,16-19H2,1-2H3/t22-,23?,25-,26?. The van der Waals surface area contributed by atoms with Crippen LogP contribution in [0.2, 0.25) is 0 Å². The van der Waals surface area contributed by atoms with E-state index < -0.39 is 0 Å². The second kappa shape index (κ2) is 11.8. The molecule has 2 aliphatic rings. The lowest BCUT2D eigenvalue weighted by Crippen LogP contribution is -2.25. The van der Waals surface area contributed by atoms with E-state index in [9.17, 15) is 4.39 Å². The maximum atomic E-state index is 14.3. The van der Waals surface area contributed by atoms with Crippen molar-refractivity contribution in [3.63, 3.8) is 0 Å². The average Bonchev–Trinajstić information content (AvgIpc) is 2.75. The molecule has 0 bridgehead atoms. The lowest BCUT2D eigenvalue weighted by molar-refractivity contribution is 0.154. The molecule has 1 heteroatoms. The molecule has 160 valence electrons. The Kier molecular flexibility index (Phi) is 9.10. The lowest BCUT2D eigenvalue weighted by atomic mass is 9.69. The molecule has 0 nitrogen and oxygen atoms in total. The molecule has 0 radical (unpaired) electrons. The molecule has 0 heterocycles. The van der Waals surface area contributed by atoms with E-state index in [1.807, 2.05) is 12.1 Å². The average molecular weight is 397 g/mol. The van der Waals surface area contributed by atoms with E-state index in [-0.39, 0.29) is 5.82 Å². The second-order valence-electron chi connectivity index (χ2n) is 9.71.